The minimum atomic E-state index is -2.34. The highest BCUT2D eigenvalue weighted by molar-refractivity contribution is 6.50. The van der Waals surface area contributed by atoms with Crippen LogP contribution in [0.25, 0.3) is 0 Å². The van der Waals surface area contributed by atoms with Crippen molar-refractivity contribution in [3.05, 3.63) is 33.8 Å². The van der Waals surface area contributed by atoms with Crippen LogP contribution >= 0.6 is 23.2 Å². The molecule has 1 aromatic rings. The van der Waals surface area contributed by atoms with E-state index in [0.29, 0.717) is 0 Å². The van der Waals surface area contributed by atoms with E-state index in [9.17, 15) is 29.1 Å². The van der Waals surface area contributed by atoms with Gasteiger partial charge in [-0.1, -0.05) is 37.0 Å². The molecule has 34 heavy (non-hydrogen) atoms. The summed E-state index contributed by atoms with van der Waals surface area (Å²) in [6.07, 6.45) is -1.59. The Morgan fingerprint density at radius 1 is 1.21 bits per heavy atom. The van der Waals surface area contributed by atoms with Gasteiger partial charge in [-0.15, -0.1) is 0 Å². The molecule has 1 heterocycles. The zero-order chi connectivity index (χ0) is 25.6. The molecule has 0 spiro atoms. The standard InChI is InChI=1S/C20H23BCl2N2O9/c1-10(2)5-14(21-33-17(29)8-20(34-21,19(31)32)7-16(27)28)25-15(26)9-24-18(30)12-6-11(22)3-4-13(12)23/h3-4,6,10,14H,5,7-9H2,1-2H3,(H,24,30)(H,25,26)(H,27,28)(H,31,32)/t14-,20?/m1/s1. The third kappa shape index (κ3) is 7.34. The van der Waals surface area contributed by atoms with E-state index in [-0.39, 0.29) is 27.9 Å². The third-order valence-electron chi connectivity index (χ3n) is 4.83. The lowest BCUT2D eigenvalue weighted by Crippen LogP contribution is -2.61. The monoisotopic (exact) mass is 516 g/mol. The first-order valence-corrected chi connectivity index (χ1v) is 10.9. The lowest BCUT2D eigenvalue weighted by Gasteiger charge is -2.37. The molecule has 0 saturated carbocycles. The van der Waals surface area contributed by atoms with E-state index < -0.39 is 67.8 Å². The van der Waals surface area contributed by atoms with Crippen LogP contribution in [-0.2, 0) is 28.5 Å². The zero-order valence-corrected chi connectivity index (χ0v) is 19.8. The zero-order valence-electron chi connectivity index (χ0n) is 18.3. The molecule has 1 saturated heterocycles. The summed E-state index contributed by atoms with van der Waals surface area (Å²) in [6, 6.07) is 4.26. The van der Waals surface area contributed by atoms with Crippen LogP contribution in [0.4, 0.5) is 0 Å². The summed E-state index contributed by atoms with van der Waals surface area (Å²) in [5.41, 5.74) is -2.28. The van der Waals surface area contributed by atoms with Crippen LogP contribution in [0.1, 0.15) is 43.5 Å². The van der Waals surface area contributed by atoms with Gasteiger partial charge in [-0.2, -0.15) is 0 Å². The van der Waals surface area contributed by atoms with Crippen LogP contribution in [0.3, 0.4) is 0 Å². The summed E-state index contributed by atoms with van der Waals surface area (Å²) in [4.78, 5) is 60.0. The van der Waals surface area contributed by atoms with Crippen molar-refractivity contribution in [2.75, 3.05) is 6.54 Å². The minimum absolute atomic E-state index is 0.0603. The average molecular weight is 517 g/mol. The fourth-order valence-electron chi connectivity index (χ4n) is 3.34. The molecule has 0 aliphatic carbocycles. The molecule has 14 heteroatoms. The second-order valence-electron chi connectivity index (χ2n) is 8.13. The number of carbonyl (C=O) groups excluding carboxylic acids is 3. The average Bonchev–Trinajstić information content (AvgIpc) is 2.71. The smallest absolute Gasteiger partial charge is 0.508 e. The number of carboxylic acid groups (broad SMARTS) is 2. The third-order valence-corrected chi connectivity index (χ3v) is 5.39. The topological polar surface area (TPSA) is 168 Å². The summed E-state index contributed by atoms with van der Waals surface area (Å²) in [7, 11) is -1.55. The van der Waals surface area contributed by atoms with Gasteiger partial charge in [-0.05, 0) is 30.5 Å². The predicted molar refractivity (Wildman–Crippen MR) is 120 cm³/mol. The summed E-state index contributed by atoms with van der Waals surface area (Å²) in [5, 5.41) is 24.0. The number of carbonyl (C=O) groups is 5. The van der Waals surface area contributed by atoms with Crippen molar-refractivity contribution < 1.29 is 43.5 Å². The van der Waals surface area contributed by atoms with Crippen molar-refractivity contribution in [1.29, 1.82) is 0 Å². The van der Waals surface area contributed by atoms with Gasteiger partial charge in [0.15, 0.2) is 5.60 Å². The van der Waals surface area contributed by atoms with Gasteiger partial charge >= 0.3 is 19.1 Å². The molecule has 1 aliphatic heterocycles. The van der Waals surface area contributed by atoms with Crippen molar-refractivity contribution in [1.82, 2.24) is 10.6 Å². The molecule has 1 aromatic carbocycles. The summed E-state index contributed by atoms with van der Waals surface area (Å²) in [6.45, 7) is 3.11. The second-order valence-corrected chi connectivity index (χ2v) is 8.98. The van der Waals surface area contributed by atoms with E-state index in [1.165, 1.54) is 18.2 Å². The lowest BCUT2D eigenvalue weighted by atomic mass is 9.70. The maximum Gasteiger partial charge on any atom is 0.552 e. The van der Waals surface area contributed by atoms with E-state index >= 15 is 0 Å². The number of amides is 2. The molecule has 184 valence electrons. The van der Waals surface area contributed by atoms with Crippen molar-refractivity contribution >= 4 is 60.0 Å². The summed E-state index contributed by atoms with van der Waals surface area (Å²) < 4.78 is 10.6. The Hall–Kier alpha value is -2.83. The Labute approximate surface area is 205 Å². The van der Waals surface area contributed by atoms with E-state index in [4.69, 9.17) is 37.6 Å². The number of nitrogens with one attached hydrogen (secondary N) is 2. The molecule has 4 N–H and O–H groups in total. The Morgan fingerprint density at radius 3 is 2.47 bits per heavy atom. The lowest BCUT2D eigenvalue weighted by molar-refractivity contribution is -0.175. The largest absolute Gasteiger partial charge is 0.552 e. The van der Waals surface area contributed by atoms with E-state index in [1.54, 1.807) is 13.8 Å². The van der Waals surface area contributed by atoms with E-state index in [0.717, 1.165) is 0 Å². The molecule has 2 amide bonds. The maximum absolute atomic E-state index is 12.5. The summed E-state index contributed by atoms with van der Waals surface area (Å²) in [5.74, 6) is -6.54. The van der Waals surface area contributed by atoms with Gasteiger partial charge in [0.05, 0.1) is 35.9 Å². The van der Waals surface area contributed by atoms with Crippen LogP contribution in [0.5, 0.6) is 0 Å². The molecule has 1 fully saturated rings. The SMILES string of the molecule is CC(C)C[C@@H](NC(=O)CNC(=O)c1cc(Cl)ccc1Cl)B1OC(=O)CC(CC(=O)O)(C(=O)O)O1. The van der Waals surface area contributed by atoms with Gasteiger partial charge < -0.3 is 30.2 Å². The number of hydrogen-bond donors (Lipinski definition) is 4. The second kappa shape index (κ2) is 11.5. The van der Waals surface area contributed by atoms with Crippen molar-refractivity contribution in [3.8, 4) is 0 Å². The van der Waals surface area contributed by atoms with Gasteiger partial charge in [0.1, 0.15) is 0 Å². The molecule has 1 unspecified atom stereocenters. The van der Waals surface area contributed by atoms with Crippen LogP contribution in [0, 0.1) is 5.92 Å². The quantitative estimate of drug-likeness (QED) is 0.337. The Balaban J connectivity index is 2.13. The Bertz CT molecular complexity index is 987. The Morgan fingerprint density at radius 2 is 1.88 bits per heavy atom. The fraction of sp³-hybridized carbons (Fsp3) is 0.450. The maximum atomic E-state index is 12.5. The summed E-state index contributed by atoms with van der Waals surface area (Å²) >= 11 is 11.8. The number of rotatable bonds is 10. The van der Waals surface area contributed by atoms with E-state index in [2.05, 4.69) is 10.6 Å². The van der Waals surface area contributed by atoms with Gasteiger partial charge in [-0.3, -0.25) is 19.2 Å². The van der Waals surface area contributed by atoms with Crippen LogP contribution in [0.2, 0.25) is 10.0 Å². The van der Waals surface area contributed by atoms with Crippen molar-refractivity contribution in [2.24, 2.45) is 5.92 Å². The minimum Gasteiger partial charge on any atom is -0.508 e. The normalized spacial score (nSPS) is 18.7. The number of hydrogen-bond acceptors (Lipinski definition) is 7. The Kier molecular flexibility index (Phi) is 9.31. The van der Waals surface area contributed by atoms with E-state index in [1.807, 2.05) is 0 Å². The molecular formula is C20H23BCl2N2O9. The van der Waals surface area contributed by atoms with Gasteiger partial charge in [0.2, 0.25) is 5.91 Å². The van der Waals surface area contributed by atoms with Gasteiger partial charge in [-0.25, -0.2) is 4.79 Å². The van der Waals surface area contributed by atoms with Crippen molar-refractivity contribution in [2.45, 2.75) is 44.7 Å². The molecule has 0 bridgehead atoms. The first-order valence-electron chi connectivity index (χ1n) is 10.2. The number of carboxylic acids is 2. The van der Waals surface area contributed by atoms with Crippen LogP contribution < -0.4 is 10.6 Å². The molecular weight excluding hydrogens is 494 g/mol. The molecule has 0 aromatic heterocycles. The highest BCUT2D eigenvalue weighted by Gasteiger charge is 2.54. The predicted octanol–water partition coefficient (Wildman–Crippen LogP) is 1.54. The molecule has 1 aliphatic rings. The van der Waals surface area contributed by atoms with Crippen LogP contribution in [-0.4, -0.2) is 65.1 Å². The number of aliphatic carboxylic acids is 2. The van der Waals surface area contributed by atoms with Gasteiger partial charge in [0.25, 0.3) is 11.9 Å². The molecule has 11 nitrogen and oxygen atoms in total. The molecule has 0 radical (unpaired) electrons. The fourth-order valence-corrected chi connectivity index (χ4v) is 3.71. The van der Waals surface area contributed by atoms with Gasteiger partial charge in [0, 0.05) is 5.02 Å². The number of benzene rings is 1. The van der Waals surface area contributed by atoms with Crippen molar-refractivity contribution in [3.63, 3.8) is 0 Å². The number of halogens is 2. The van der Waals surface area contributed by atoms with Crippen LogP contribution in [0.15, 0.2) is 18.2 Å². The first kappa shape index (κ1) is 27.4. The molecule has 2 atom stereocenters. The first-order chi connectivity index (χ1) is 15.8. The highest BCUT2D eigenvalue weighted by Crippen LogP contribution is 2.30. The molecule has 2 rings (SSSR count). The highest BCUT2D eigenvalue weighted by atomic mass is 35.5.